The van der Waals surface area contributed by atoms with Gasteiger partial charge in [-0.25, -0.2) is 5.43 Å². The maximum atomic E-state index is 15.1. The van der Waals surface area contributed by atoms with E-state index >= 15 is 9.59 Å². The van der Waals surface area contributed by atoms with E-state index in [0.29, 0.717) is 30.9 Å². The highest BCUT2D eigenvalue weighted by Gasteiger charge is 2.59. The van der Waals surface area contributed by atoms with Crippen molar-refractivity contribution in [1.82, 2.24) is 45.3 Å². The number of aryl methyl sites for hydroxylation is 1. The number of anilines is 1. The third-order valence-electron chi connectivity index (χ3n) is 17.9. The number of hydrazine groups is 1. The molecule has 7 aliphatic rings. The van der Waals surface area contributed by atoms with Crippen LogP contribution in [0.5, 0.6) is 5.75 Å². The minimum absolute atomic E-state index is 0.00438. The largest absolute Gasteiger partial charge is 0.508 e. The molecule has 6 heterocycles. The van der Waals surface area contributed by atoms with E-state index in [1.807, 2.05) is 19.2 Å². The standard InChI is InChI=1S/C59H78N10O8/c1-9-68-46-17-16-37-26-41(46)44(54(68)43-27-39(30-60-49(43)33(2)76-8)67-20-18-64(5)19-21-67)29-59(3,4)32-77-58(75)51-42-28-47(42)69(63-51)56(73)45(24-34-22-38(37)25-40(70)23-34)61-55(72)53(36-12-10-11-13-36)66(7)48(71)31-65(6)57(74)52-50(62-52)35-14-15-35/h16-17,22-23,25-27,30,33,35-36,42,45,47,50-53,62-63,70H,9-15,18-21,24,28-29,31-32H2,1-8H3,(H,61,72)/t33-,42?,45-,47?,50+,51-,52+,53-/m0/s1. The lowest BCUT2D eigenvalue weighted by molar-refractivity contribution is -0.151. The summed E-state index contributed by atoms with van der Waals surface area (Å²) >= 11 is 0. The van der Waals surface area contributed by atoms with Gasteiger partial charge in [0.15, 0.2) is 0 Å². The quantitative estimate of drug-likeness (QED) is 0.103. The second kappa shape index (κ2) is 20.9. The second-order valence-electron chi connectivity index (χ2n) is 24.2. The number of aromatic hydroxyl groups is 1. The molecule has 3 aliphatic carbocycles. The van der Waals surface area contributed by atoms with E-state index in [-0.39, 0.29) is 73.2 Å². The molecule has 6 bridgehead atoms. The van der Waals surface area contributed by atoms with Gasteiger partial charge in [0, 0.05) is 94.2 Å². The summed E-state index contributed by atoms with van der Waals surface area (Å²) in [6.07, 6.45) is 8.28. The van der Waals surface area contributed by atoms with Crippen molar-refractivity contribution in [3.05, 3.63) is 65.5 Å². The molecule has 2 unspecified atom stereocenters. The first-order chi connectivity index (χ1) is 36.9. The number of likely N-dealkylation sites (N-methyl/N-ethyl adjacent to an activating group) is 3. The number of amides is 4. The molecular weight excluding hydrogens is 977 g/mol. The van der Waals surface area contributed by atoms with Gasteiger partial charge in [-0.05, 0) is 124 Å². The van der Waals surface area contributed by atoms with Crippen LogP contribution in [0, 0.1) is 23.2 Å². The van der Waals surface area contributed by atoms with Crippen LogP contribution in [0.2, 0.25) is 0 Å². The van der Waals surface area contributed by atoms with Gasteiger partial charge in [-0.1, -0.05) is 38.8 Å². The van der Waals surface area contributed by atoms with Crippen LogP contribution in [0.25, 0.3) is 33.3 Å². The van der Waals surface area contributed by atoms with Gasteiger partial charge in [-0.2, -0.15) is 0 Å². The average Bonchev–Trinajstić information content (AvgIpc) is 4.42. The summed E-state index contributed by atoms with van der Waals surface area (Å²) in [6, 6.07) is 10.7. The Kier molecular flexibility index (Phi) is 14.4. The molecule has 77 heavy (non-hydrogen) atoms. The van der Waals surface area contributed by atoms with Gasteiger partial charge < -0.3 is 44.1 Å². The molecule has 4 aliphatic heterocycles. The van der Waals surface area contributed by atoms with Crippen LogP contribution in [0.4, 0.5) is 5.69 Å². The number of fused-ring (bicyclic) bond motifs is 9. The summed E-state index contributed by atoms with van der Waals surface area (Å²) in [7, 11) is 7.11. The van der Waals surface area contributed by atoms with E-state index in [0.717, 1.165) is 115 Å². The lowest BCUT2D eigenvalue weighted by atomic mass is 9.84. The molecule has 3 saturated heterocycles. The zero-order valence-corrected chi connectivity index (χ0v) is 46.1. The number of aromatic nitrogens is 2. The fourth-order valence-electron chi connectivity index (χ4n) is 13.1. The third kappa shape index (κ3) is 10.5. The summed E-state index contributed by atoms with van der Waals surface area (Å²) in [5.41, 5.74) is 10.8. The maximum Gasteiger partial charge on any atom is 0.325 e. The first-order valence-corrected chi connectivity index (χ1v) is 28.2. The molecule has 0 spiro atoms. The number of methoxy groups -OCH3 is 1. The van der Waals surface area contributed by atoms with Gasteiger partial charge in [0.05, 0.1) is 48.6 Å². The molecule has 0 radical (unpaired) electrons. The molecule has 2 aromatic carbocycles. The number of phenolic OH excluding ortho intramolecular Hbond substituents is 1. The molecule has 412 valence electrons. The van der Waals surface area contributed by atoms with Crippen LogP contribution in [0.3, 0.4) is 0 Å². The molecule has 4 N–H and O–H groups in total. The summed E-state index contributed by atoms with van der Waals surface area (Å²) in [5.74, 6) is -1.63. The molecule has 4 aromatic rings. The number of rotatable bonds is 13. The SMILES string of the molecule is CCn1c(-c2cc(N3CCN(C)CC3)cnc2[C@H](C)OC)c2c3cc(ccc31)-c1cc(O)cc(c1)C[C@H](NC(=O)[C@H](C1CCCC1)N(C)C(=O)CN(C)C(=O)[C@@H]1N[C@@H]1C1CC1)C(=O)N1N[C@H](C(=O)OCC(C)(C)C2)C2CC21. The number of nitrogens with one attached hydrogen (secondary N) is 3. The highest BCUT2D eigenvalue weighted by molar-refractivity contribution is 5.97. The fourth-order valence-corrected chi connectivity index (χ4v) is 13.1. The minimum Gasteiger partial charge on any atom is -0.508 e. The summed E-state index contributed by atoms with van der Waals surface area (Å²) in [5, 5.41) is 20.5. The highest BCUT2D eigenvalue weighted by Crippen LogP contribution is 2.46. The molecule has 8 atom stereocenters. The van der Waals surface area contributed by atoms with Crippen LogP contribution in [-0.4, -0.2) is 168 Å². The van der Waals surface area contributed by atoms with Crippen LogP contribution >= 0.6 is 0 Å². The van der Waals surface area contributed by atoms with E-state index < -0.39 is 41.3 Å². The van der Waals surface area contributed by atoms with Crippen molar-refractivity contribution in [2.24, 2.45) is 23.2 Å². The number of hydrogen-bond donors (Lipinski definition) is 4. The Hall–Kier alpha value is -6.08. The summed E-state index contributed by atoms with van der Waals surface area (Å²) in [6.45, 7) is 12.6. The number of phenols is 1. The lowest BCUT2D eigenvalue weighted by Gasteiger charge is -2.34. The number of ether oxygens (including phenoxy) is 2. The zero-order chi connectivity index (χ0) is 54.2. The van der Waals surface area contributed by atoms with E-state index in [1.54, 1.807) is 33.3 Å². The van der Waals surface area contributed by atoms with E-state index in [2.05, 4.69) is 82.5 Å². The van der Waals surface area contributed by atoms with Gasteiger partial charge in [-0.15, -0.1) is 0 Å². The van der Waals surface area contributed by atoms with Crippen LogP contribution in [0.1, 0.15) is 95.6 Å². The predicted molar refractivity (Wildman–Crippen MR) is 292 cm³/mol. The number of hydrogen-bond acceptors (Lipinski definition) is 13. The van der Waals surface area contributed by atoms with Crippen molar-refractivity contribution in [1.29, 1.82) is 0 Å². The number of carbonyl (C=O) groups excluding carboxylic acids is 5. The molecular formula is C59H78N10O8. The number of benzene rings is 2. The summed E-state index contributed by atoms with van der Waals surface area (Å²) in [4.78, 5) is 84.7. The first-order valence-electron chi connectivity index (χ1n) is 28.2. The Morgan fingerprint density at radius 1 is 1.00 bits per heavy atom. The van der Waals surface area contributed by atoms with Crippen molar-refractivity contribution in [3.63, 3.8) is 0 Å². The van der Waals surface area contributed by atoms with Crippen molar-refractivity contribution >= 4 is 46.2 Å². The van der Waals surface area contributed by atoms with Crippen molar-refractivity contribution in [3.8, 4) is 28.1 Å². The van der Waals surface area contributed by atoms with E-state index in [1.165, 1.54) is 14.8 Å². The first kappa shape index (κ1) is 52.9. The number of pyridine rings is 1. The van der Waals surface area contributed by atoms with Crippen LogP contribution in [-0.2, 0) is 52.8 Å². The van der Waals surface area contributed by atoms with Gasteiger partial charge in [0.2, 0.25) is 17.7 Å². The lowest BCUT2D eigenvalue weighted by Crippen LogP contribution is -2.59. The minimum atomic E-state index is -1.15. The van der Waals surface area contributed by atoms with Gasteiger partial charge in [0.1, 0.15) is 29.9 Å². The Labute approximate surface area is 452 Å². The smallest absolute Gasteiger partial charge is 0.325 e. The molecule has 18 heteroatoms. The number of piperazine rings is 1. The topological polar surface area (TPSA) is 204 Å². The number of esters is 1. The predicted octanol–water partition coefficient (Wildman–Crippen LogP) is 5.04. The monoisotopic (exact) mass is 1050 g/mol. The number of nitrogens with zero attached hydrogens (tertiary/aromatic N) is 7. The number of carbonyl (C=O) groups is 5. The average molecular weight is 1060 g/mol. The van der Waals surface area contributed by atoms with Crippen LogP contribution in [0.15, 0.2) is 48.7 Å². The second-order valence-corrected chi connectivity index (χ2v) is 24.2. The van der Waals surface area contributed by atoms with Crippen LogP contribution < -0.4 is 21.0 Å². The molecule has 18 nitrogen and oxygen atoms in total. The van der Waals surface area contributed by atoms with Crippen molar-refractivity contribution in [2.75, 3.05) is 72.5 Å². The Morgan fingerprint density at radius 3 is 2.47 bits per heavy atom. The Bertz CT molecular complexity index is 2960. The molecule has 6 fully saturated rings. The molecule has 3 saturated carbocycles. The fraction of sp³-hybridized carbons (Fsp3) is 0.593. The summed E-state index contributed by atoms with van der Waals surface area (Å²) < 4.78 is 14.6. The highest BCUT2D eigenvalue weighted by atomic mass is 16.5. The normalized spacial score (nSPS) is 26.2. The van der Waals surface area contributed by atoms with Crippen molar-refractivity contribution < 1.29 is 38.6 Å². The van der Waals surface area contributed by atoms with Gasteiger partial charge in [-0.3, -0.25) is 39.3 Å². The van der Waals surface area contributed by atoms with Gasteiger partial charge in [0.25, 0.3) is 5.91 Å². The third-order valence-corrected chi connectivity index (χ3v) is 17.9. The number of cyclic esters (lactones) is 1. The zero-order valence-electron chi connectivity index (χ0n) is 46.1. The Balaban J connectivity index is 0.965. The maximum absolute atomic E-state index is 15.1. The van der Waals surface area contributed by atoms with Gasteiger partial charge >= 0.3 is 5.97 Å². The molecule has 4 amide bonds. The van der Waals surface area contributed by atoms with E-state index in [4.69, 9.17) is 14.5 Å². The molecule has 11 rings (SSSR count). The van der Waals surface area contributed by atoms with E-state index in [9.17, 15) is 19.5 Å². The Morgan fingerprint density at radius 2 is 1.75 bits per heavy atom. The molecule has 2 aromatic heterocycles. The van der Waals surface area contributed by atoms with Crippen molar-refractivity contribution in [2.45, 2.75) is 134 Å².